The lowest BCUT2D eigenvalue weighted by Crippen LogP contribution is -2.05. The third-order valence-corrected chi connectivity index (χ3v) is 3.15. The van der Waals surface area contributed by atoms with Gasteiger partial charge in [0.05, 0.1) is 18.3 Å². The Hall–Kier alpha value is -2.43. The van der Waals surface area contributed by atoms with Crippen molar-refractivity contribution in [2.45, 2.75) is 13.8 Å². The predicted octanol–water partition coefficient (Wildman–Crippen LogP) is 2.51. The van der Waals surface area contributed by atoms with E-state index in [0.29, 0.717) is 5.69 Å². The molecule has 3 rings (SSSR count). The van der Waals surface area contributed by atoms with Gasteiger partial charge in [-0.2, -0.15) is 0 Å². The molecule has 1 N–H and O–H groups in total. The lowest BCUT2D eigenvalue weighted by atomic mass is 10.1. The summed E-state index contributed by atoms with van der Waals surface area (Å²) in [4.78, 5) is 23.5. The Balaban J connectivity index is 2.41. The summed E-state index contributed by atoms with van der Waals surface area (Å²) in [6, 6.07) is 3.79. The number of aryl methyl sites for hydroxylation is 2. The van der Waals surface area contributed by atoms with E-state index in [9.17, 15) is 4.79 Å². The Morgan fingerprint density at radius 1 is 1.26 bits per heavy atom. The molecule has 0 bridgehead atoms. The molecule has 0 unspecified atom stereocenters. The summed E-state index contributed by atoms with van der Waals surface area (Å²) in [7, 11) is 1.35. The van der Waals surface area contributed by atoms with Crippen LogP contribution in [0, 0.1) is 13.8 Å². The van der Waals surface area contributed by atoms with Gasteiger partial charge in [0.15, 0.2) is 0 Å². The van der Waals surface area contributed by atoms with Crippen molar-refractivity contribution in [1.82, 2.24) is 15.0 Å². The van der Waals surface area contributed by atoms with Crippen molar-refractivity contribution in [1.29, 1.82) is 0 Å². The van der Waals surface area contributed by atoms with Crippen LogP contribution >= 0.6 is 0 Å². The Labute approximate surface area is 109 Å². The van der Waals surface area contributed by atoms with Crippen LogP contribution in [-0.2, 0) is 4.74 Å². The molecule has 96 valence electrons. The number of aromatic amines is 1. The molecule has 3 aromatic rings. The summed E-state index contributed by atoms with van der Waals surface area (Å²) in [6.45, 7) is 3.84. The van der Waals surface area contributed by atoms with Gasteiger partial charge in [-0.15, -0.1) is 0 Å². The first-order chi connectivity index (χ1) is 9.10. The van der Waals surface area contributed by atoms with Gasteiger partial charge < -0.3 is 9.72 Å². The van der Waals surface area contributed by atoms with Gasteiger partial charge in [-0.25, -0.2) is 14.8 Å². The number of esters is 1. The number of nitrogens with zero attached hydrogens (tertiary/aromatic N) is 2. The van der Waals surface area contributed by atoms with Gasteiger partial charge in [0.25, 0.3) is 0 Å². The quantitative estimate of drug-likeness (QED) is 0.678. The number of methoxy groups -OCH3 is 1. The maximum Gasteiger partial charge on any atom is 0.356 e. The lowest BCUT2D eigenvalue weighted by Gasteiger charge is -2.01. The average molecular weight is 255 g/mol. The molecule has 3 heterocycles. The SMILES string of the molecule is COC(=O)c1cc2c([nH]c3ncc(C)cc32)c(C)n1. The Kier molecular flexibility index (Phi) is 2.48. The van der Waals surface area contributed by atoms with Crippen LogP contribution in [0.5, 0.6) is 0 Å². The van der Waals surface area contributed by atoms with E-state index < -0.39 is 5.97 Å². The third kappa shape index (κ3) is 1.74. The van der Waals surface area contributed by atoms with E-state index in [2.05, 4.69) is 15.0 Å². The fourth-order valence-electron chi connectivity index (χ4n) is 2.24. The second-order valence-electron chi connectivity index (χ2n) is 4.54. The highest BCUT2D eigenvalue weighted by molar-refractivity contribution is 6.08. The van der Waals surface area contributed by atoms with E-state index in [1.165, 1.54) is 7.11 Å². The molecule has 0 aliphatic heterocycles. The van der Waals surface area contributed by atoms with E-state index in [1.54, 1.807) is 6.07 Å². The van der Waals surface area contributed by atoms with Crippen LogP contribution in [-0.4, -0.2) is 28.0 Å². The van der Waals surface area contributed by atoms with Crippen molar-refractivity contribution in [3.05, 3.63) is 35.3 Å². The molecular formula is C14H13N3O2. The molecule has 0 atom stereocenters. The van der Waals surface area contributed by atoms with E-state index in [-0.39, 0.29) is 0 Å². The van der Waals surface area contributed by atoms with Crippen molar-refractivity contribution >= 4 is 27.9 Å². The van der Waals surface area contributed by atoms with Crippen LogP contribution in [0.25, 0.3) is 21.9 Å². The minimum absolute atomic E-state index is 0.315. The largest absolute Gasteiger partial charge is 0.464 e. The number of rotatable bonds is 1. The molecule has 0 aliphatic carbocycles. The van der Waals surface area contributed by atoms with Crippen molar-refractivity contribution in [2.75, 3.05) is 7.11 Å². The highest BCUT2D eigenvalue weighted by Gasteiger charge is 2.14. The molecular weight excluding hydrogens is 242 g/mol. The molecule has 0 fully saturated rings. The topological polar surface area (TPSA) is 67.9 Å². The summed E-state index contributed by atoms with van der Waals surface area (Å²) in [5, 5.41) is 1.93. The van der Waals surface area contributed by atoms with Gasteiger partial charge >= 0.3 is 5.97 Å². The molecule has 0 aliphatic rings. The molecule has 0 radical (unpaired) electrons. The lowest BCUT2D eigenvalue weighted by molar-refractivity contribution is 0.0594. The molecule has 0 saturated carbocycles. The summed E-state index contributed by atoms with van der Waals surface area (Å²) >= 11 is 0. The second kappa shape index (κ2) is 4.05. The maximum atomic E-state index is 11.6. The number of fused-ring (bicyclic) bond motifs is 3. The number of carbonyl (C=O) groups excluding carboxylic acids is 1. The normalized spacial score (nSPS) is 11.1. The molecule has 5 heteroatoms. The molecule has 0 saturated heterocycles. The van der Waals surface area contributed by atoms with Crippen molar-refractivity contribution in [2.24, 2.45) is 0 Å². The molecule has 19 heavy (non-hydrogen) atoms. The van der Waals surface area contributed by atoms with Crippen molar-refractivity contribution < 1.29 is 9.53 Å². The van der Waals surface area contributed by atoms with Crippen LogP contribution in [0.3, 0.4) is 0 Å². The van der Waals surface area contributed by atoms with E-state index >= 15 is 0 Å². The fourth-order valence-corrected chi connectivity index (χ4v) is 2.24. The number of aromatic nitrogens is 3. The standard InChI is InChI=1S/C14H13N3O2/c1-7-4-10-9-5-11(14(18)19-3)16-8(2)12(9)17-13(10)15-6-7/h4-6H,1-3H3,(H,15,17). The molecule has 5 nitrogen and oxygen atoms in total. The maximum absolute atomic E-state index is 11.6. The van der Waals surface area contributed by atoms with E-state index in [4.69, 9.17) is 4.74 Å². The predicted molar refractivity (Wildman–Crippen MR) is 72.2 cm³/mol. The fraction of sp³-hybridized carbons (Fsp3) is 0.214. The summed E-state index contributed by atoms with van der Waals surface area (Å²) in [6.07, 6.45) is 1.81. The van der Waals surface area contributed by atoms with Crippen molar-refractivity contribution in [3.63, 3.8) is 0 Å². The highest BCUT2D eigenvalue weighted by Crippen LogP contribution is 2.27. The summed E-state index contributed by atoms with van der Waals surface area (Å²) < 4.78 is 4.73. The van der Waals surface area contributed by atoms with Gasteiger partial charge in [-0.3, -0.25) is 0 Å². The zero-order chi connectivity index (χ0) is 13.6. The van der Waals surface area contributed by atoms with Crippen LogP contribution in [0.4, 0.5) is 0 Å². The van der Waals surface area contributed by atoms with Crippen LogP contribution in [0.15, 0.2) is 18.3 Å². The van der Waals surface area contributed by atoms with Gasteiger partial charge in [0, 0.05) is 17.0 Å². The van der Waals surface area contributed by atoms with Gasteiger partial charge in [-0.1, -0.05) is 0 Å². The van der Waals surface area contributed by atoms with Gasteiger partial charge in [-0.05, 0) is 31.5 Å². The Morgan fingerprint density at radius 3 is 2.79 bits per heavy atom. The molecule has 3 aromatic heterocycles. The first-order valence-corrected chi connectivity index (χ1v) is 5.94. The third-order valence-electron chi connectivity index (χ3n) is 3.15. The first-order valence-electron chi connectivity index (χ1n) is 5.94. The van der Waals surface area contributed by atoms with E-state index in [0.717, 1.165) is 33.2 Å². The average Bonchev–Trinajstić information content (AvgIpc) is 2.76. The number of ether oxygens (including phenoxy) is 1. The number of pyridine rings is 2. The molecule has 0 aromatic carbocycles. The molecule has 0 amide bonds. The monoisotopic (exact) mass is 255 g/mol. The number of nitrogens with one attached hydrogen (secondary N) is 1. The number of hydrogen-bond donors (Lipinski definition) is 1. The van der Waals surface area contributed by atoms with E-state index in [1.807, 2.05) is 26.1 Å². The van der Waals surface area contributed by atoms with Gasteiger partial charge in [0.1, 0.15) is 11.3 Å². The zero-order valence-electron chi connectivity index (χ0n) is 10.9. The molecule has 0 spiro atoms. The van der Waals surface area contributed by atoms with Gasteiger partial charge in [0.2, 0.25) is 0 Å². The summed E-state index contributed by atoms with van der Waals surface area (Å²) in [5.41, 5.74) is 3.85. The minimum atomic E-state index is -0.431. The number of hydrogen-bond acceptors (Lipinski definition) is 4. The number of carbonyl (C=O) groups is 1. The first kappa shape index (κ1) is 11.6. The summed E-state index contributed by atoms with van der Waals surface area (Å²) in [5.74, 6) is -0.431. The van der Waals surface area contributed by atoms with Crippen LogP contribution in [0.2, 0.25) is 0 Å². The Bertz CT molecular complexity index is 805. The Morgan fingerprint density at radius 2 is 2.05 bits per heavy atom. The van der Waals surface area contributed by atoms with Crippen LogP contribution in [0.1, 0.15) is 21.7 Å². The highest BCUT2D eigenvalue weighted by atomic mass is 16.5. The second-order valence-corrected chi connectivity index (χ2v) is 4.54. The zero-order valence-corrected chi connectivity index (χ0v) is 10.9. The number of H-pyrrole nitrogens is 1. The smallest absolute Gasteiger partial charge is 0.356 e. The van der Waals surface area contributed by atoms with Crippen molar-refractivity contribution in [3.8, 4) is 0 Å². The minimum Gasteiger partial charge on any atom is -0.464 e. The van der Waals surface area contributed by atoms with Crippen LogP contribution < -0.4 is 0 Å².